The van der Waals surface area contributed by atoms with Crippen molar-refractivity contribution in [3.8, 4) is 0 Å². The Bertz CT molecular complexity index is 1380. The van der Waals surface area contributed by atoms with Crippen LogP contribution in [0.4, 0.5) is 4.39 Å². The number of hydrogen-bond acceptors (Lipinski definition) is 4. The van der Waals surface area contributed by atoms with Crippen LogP contribution in [0.3, 0.4) is 0 Å². The molecule has 0 aromatic heterocycles. The van der Waals surface area contributed by atoms with E-state index in [4.69, 9.17) is 0 Å². The summed E-state index contributed by atoms with van der Waals surface area (Å²) in [6.45, 7) is 2.61. The van der Waals surface area contributed by atoms with Crippen LogP contribution in [0, 0.1) is 5.82 Å². The maximum atomic E-state index is 13.7. The molecule has 0 spiro atoms. The molecule has 9 heteroatoms. The van der Waals surface area contributed by atoms with Gasteiger partial charge in [0.25, 0.3) is 0 Å². The molecule has 1 saturated carbocycles. The molecular weight excluding hydrogens is 529 g/mol. The molecule has 7 nitrogen and oxygen atoms in total. The smallest absolute Gasteiger partial charge is 0.243 e. The maximum Gasteiger partial charge on any atom is 0.243 e. The van der Waals surface area contributed by atoms with Crippen molar-refractivity contribution in [3.05, 3.63) is 101 Å². The molecule has 40 heavy (non-hydrogen) atoms. The number of aryl methyl sites for hydroxylation is 1. The van der Waals surface area contributed by atoms with Gasteiger partial charge >= 0.3 is 0 Å². The second-order valence-electron chi connectivity index (χ2n) is 10.2. The Labute approximate surface area is 235 Å². The van der Waals surface area contributed by atoms with Gasteiger partial charge in [0, 0.05) is 32.0 Å². The molecule has 1 fully saturated rings. The van der Waals surface area contributed by atoms with Gasteiger partial charge in [0.15, 0.2) is 0 Å². The zero-order valence-electron chi connectivity index (χ0n) is 22.7. The average Bonchev–Trinajstić information content (AvgIpc) is 3.77. The molecular formula is C31H36FN3O4S. The molecule has 1 aliphatic rings. The summed E-state index contributed by atoms with van der Waals surface area (Å²) in [5, 5.41) is 2.94. The Morgan fingerprint density at radius 1 is 0.925 bits per heavy atom. The monoisotopic (exact) mass is 565 g/mol. The van der Waals surface area contributed by atoms with Crippen molar-refractivity contribution >= 4 is 21.8 Å². The molecule has 0 bridgehead atoms. The molecule has 1 aliphatic carbocycles. The topological polar surface area (TPSA) is 95.6 Å². The molecule has 0 radical (unpaired) electrons. The van der Waals surface area contributed by atoms with Crippen molar-refractivity contribution in [2.45, 2.75) is 69.0 Å². The van der Waals surface area contributed by atoms with Gasteiger partial charge in [-0.05, 0) is 66.6 Å². The molecule has 3 aromatic rings. The number of nitrogens with one attached hydrogen (secondary N) is 2. The summed E-state index contributed by atoms with van der Waals surface area (Å²) in [5.74, 6) is -0.830. The Kier molecular flexibility index (Phi) is 10.1. The highest BCUT2D eigenvalue weighted by atomic mass is 32.2. The summed E-state index contributed by atoms with van der Waals surface area (Å²) in [6, 6.07) is 21.3. The third-order valence-corrected chi connectivity index (χ3v) is 8.38. The van der Waals surface area contributed by atoms with Crippen molar-refractivity contribution in [2.75, 3.05) is 6.54 Å². The molecule has 1 atom stereocenters. The van der Waals surface area contributed by atoms with Crippen LogP contribution in [0.15, 0.2) is 83.8 Å². The van der Waals surface area contributed by atoms with Crippen molar-refractivity contribution < 1.29 is 22.4 Å². The molecule has 2 amide bonds. The average molecular weight is 566 g/mol. The van der Waals surface area contributed by atoms with Crippen LogP contribution in [0.5, 0.6) is 0 Å². The Balaban J connectivity index is 1.53. The number of carbonyl (C=O) groups excluding carboxylic acids is 2. The van der Waals surface area contributed by atoms with Crippen molar-refractivity contribution in [1.82, 2.24) is 14.9 Å². The van der Waals surface area contributed by atoms with Crippen molar-refractivity contribution in [2.24, 2.45) is 0 Å². The highest BCUT2D eigenvalue weighted by molar-refractivity contribution is 7.89. The third kappa shape index (κ3) is 8.47. The van der Waals surface area contributed by atoms with Crippen LogP contribution in [-0.2, 0) is 39.0 Å². The minimum absolute atomic E-state index is 0.0211. The Morgan fingerprint density at radius 3 is 2.20 bits per heavy atom. The van der Waals surface area contributed by atoms with Crippen molar-refractivity contribution in [3.63, 3.8) is 0 Å². The fraction of sp³-hybridized carbons (Fsp3) is 0.355. The van der Waals surface area contributed by atoms with Crippen LogP contribution < -0.4 is 10.0 Å². The lowest BCUT2D eigenvalue weighted by Crippen LogP contribution is -2.50. The third-order valence-electron chi connectivity index (χ3n) is 6.85. The van der Waals surface area contributed by atoms with Crippen LogP contribution in [-0.4, -0.2) is 43.8 Å². The van der Waals surface area contributed by atoms with Gasteiger partial charge in [-0.1, -0.05) is 61.5 Å². The fourth-order valence-corrected chi connectivity index (χ4v) is 5.73. The summed E-state index contributed by atoms with van der Waals surface area (Å²) >= 11 is 0. The van der Waals surface area contributed by atoms with E-state index < -0.39 is 16.1 Å². The molecule has 0 heterocycles. The van der Waals surface area contributed by atoms with Gasteiger partial charge in [-0.3, -0.25) is 9.59 Å². The van der Waals surface area contributed by atoms with E-state index in [2.05, 4.69) is 10.0 Å². The maximum absolute atomic E-state index is 13.7. The molecule has 2 N–H and O–H groups in total. The number of rotatable bonds is 14. The minimum Gasteiger partial charge on any atom is -0.354 e. The minimum atomic E-state index is -3.55. The van der Waals surface area contributed by atoms with E-state index in [-0.39, 0.29) is 41.5 Å². The van der Waals surface area contributed by atoms with Crippen LogP contribution in [0.1, 0.15) is 49.3 Å². The highest BCUT2D eigenvalue weighted by Gasteiger charge is 2.30. The second kappa shape index (κ2) is 13.7. The van der Waals surface area contributed by atoms with Gasteiger partial charge in [0.05, 0.1) is 4.90 Å². The number of sulfonamides is 1. The molecule has 3 aromatic carbocycles. The zero-order chi connectivity index (χ0) is 28.5. The van der Waals surface area contributed by atoms with Gasteiger partial charge < -0.3 is 10.2 Å². The van der Waals surface area contributed by atoms with E-state index >= 15 is 0 Å². The van der Waals surface area contributed by atoms with E-state index in [9.17, 15) is 22.4 Å². The first-order chi connectivity index (χ1) is 19.2. The number of hydrogen-bond donors (Lipinski definition) is 2. The SMILES string of the molecule is CCCNC(=O)[C@@H](Cc1ccccc1)N(Cc1ccc(F)cc1)C(=O)CCc1ccc(S(=O)(=O)NC2CC2)cc1. The van der Waals surface area contributed by atoms with Gasteiger partial charge in [0.1, 0.15) is 11.9 Å². The standard InChI is InChI=1S/C31H36FN3O4S/c1-2-20-33-31(37)29(21-24-6-4-3-5-7-24)35(22-25-8-13-26(32)14-9-25)30(36)19-12-23-10-17-28(18-11-23)40(38,39)34-27-15-16-27/h3-11,13-14,17-18,27,29,34H,2,12,15-16,19-22H2,1H3,(H,33,37)/t29-/m1/s1. The van der Waals surface area contributed by atoms with E-state index in [1.807, 2.05) is 37.3 Å². The summed E-state index contributed by atoms with van der Waals surface area (Å²) in [5.41, 5.74) is 2.46. The zero-order valence-corrected chi connectivity index (χ0v) is 23.5. The number of benzene rings is 3. The lowest BCUT2D eigenvalue weighted by atomic mass is 10.0. The normalized spacial score (nSPS) is 13.9. The van der Waals surface area contributed by atoms with Gasteiger partial charge in [-0.15, -0.1) is 0 Å². The van der Waals surface area contributed by atoms with Gasteiger partial charge in [-0.25, -0.2) is 17.5 Å². The summed E-state index contributed by atoms with van der Waals surface area (Å²) in [6.07, 6.45) is 3.32. The quantitative estimate of drug-likeness (QED) is 0.304. The number of nitrogens with zero attached hydrogens (tertiary/aromatic N) is 1. The lowest BCUT2D eigenvalue weighted by molar-refractivity contribution is -0.141. The number of amides is 2. The first-order valence-electron chi connectivity index (χ1n) is 13.7. The fourth-order valence-electron chi connectivity index (χ4n) is 4.43. The summed E-state index contributed by atoms with van der Waals surface area (Å²) < 4.78 is 41.2. The second-order valence-corrected chi connectivity index (χ2v) is 11.9. The van der Waals surface area contributed by atoms with E-state index in [1.165, 1.54) is 12.1 Å². The molecule has 212 valence electrons. The van der Waals surface area contributed by atoms with E-state index in [0.29, 0.717) is 24.9 Å². The largest absolute Gasteiger partial charge is 0.354 e. The summed E-state index contributed by atoms with van der Waals surface area (Å²) in [7, 11) is -3.55. The van der Waals surface area contributed by atoms with E-state index in [1.54, 1.807) is 41.3 Å². The first kappa shape index (κ1) is 29.4. The molecule has 0 saturated heterocycles. The van der Waals surface area contributed by atoms with Gasteiger partial charge in [-0.2, -0.15) is 0 Å². The molecule has 0 aliphatic heterocycles. The lowest BCUT2D eigenvalue weighted by Gasteiger charge is -2.31. The highest BCUT2D eigenvalue weighted by Crippen LogP contribution is 2.23. The Morgan fingerprint density at radius 2 is 1.57 bits per heavy atom. The predicted molar refractivity (Wildman–Crippen MR) is 152 cm³/mol. The molecule has 0 unspecified atom stereocenters. The van der Waals surface area contributed by atoms with E-state index in [0.717, 1.165) is 30.4 Å². The van der Waals surface area contributed by atoms with Gasteiger partial charge in [0.2, 0.25) is 21.8 Å². The predicted octanol–water partition coefficient (Wildman–Crippen LogP) is 4.37. The van der Waals surface area contributed by atoms with Crippen LogP contribution in [0.25, 0.3) is 0 Å². The first-order valence-corrected chi connectivity index (χ1v) is 15.2. The molecule has 4 rings (SSSR count). The Hall–Kier alpha value is -3.56. The number of carbonyl (C=O) groups is 2. The number of halogens is 1. The van der Waals surface area contributed by atoms with Crippen LogP contribution >= 0.6 is 0 Å². The summed E-state index contributed by atoms with van der Waals surface area (Å²) in [4.78, 5) is 28.8. The van der Waals surface area contributed by atoms with Crippen molar-refractivity contribution in [1.29, 1.82) is 0 Å². The van der Waals surface area contributed by atoms with Crippen LogP contribution in [0.2, 0.25) is 0 Å².